The van der Waals surface area contributed by atoms with E-state index in [1.54, 1.807) is 12.1 Å². The molecule has 0 spiro atoms. The molecule has 9 nitrogen and oxygen atoms in total. The maximum Gasteiger partial charge on any atom is 0.343 e. The first-order valence-electron chi connectivity index (χ1n) is 13.7. The molecule has 3 aromatic rings. The number of hydrogen-bond donors (Lipinski definition) is 1. The van der Waals surface area contributed by atoms with Gasteiger partial charge in [0.1, 0.15) is 0 Å². The van der Waals surface area contributed by atoms with Gasteiger partial charge in [0.25, 0.3) is 11.8 Å². The van der Waals surface area contributed by atoms with Gasteiger partial charge >= 0.3 is 6.03 Å². The number of benzene rings is 3. The monoisotopic (exact) mass is 535 g/mol. The number of urea groups is 1. The van der Waals surface area contributed by atoms with Crippen molar-refractivity contribution in [3.8, 4) is 0 Å². The average Bonchev–Trinajstić information content (AvgIpc) is 3.62. The summed E-state index contributed by atoms with van der Waals surface area (Å²) in [6, 6.07) is 27.0. The molecule has 1 N–H and O–H groups in total. The number of nitrogens with one attached hydrogen (secondary N) is 1. The lowest BCUT2D eigenvalue weighted by molar-refractivity contribution is -0.122. The van der Waals surface area contributed by atoms with Crippen molar-refractivity contribution in [1.29, 1.82) is 0 Å². The molecule has 3 fully saturated rings. The minimum atomic E-state index is -0.757. The normalized spacial score (nSPS) is 22.9. The largest absolute Gasteiger partial charge is 0.343 e. The predicted octanol–water partition coefficient (Wildman–Crippen LogP) is 3.19. The Labute approximate surface area is 231 Å². The predicted molar refractivity (Wildman–Crippen MR) is 146 cm³/mol. The first-order chi connectivity index (χ1) is 19.5. The van der Waals surface area contributed by atoms with Gasteiger partial charge in [-0.15, -0.1) is 0 Å². The van der Waals surface area contributed by atoms with E-state index in [0.29, 0.717) is 24.2 Å². The van der Waals surface area contributed by atoms with Gasteiger partial charge in [-0.3, -0.25) is 29.5 Å². The molecular formula is C31H29N5O4. The molecule has 2 bridgehead atoms. The summed E-state index contributed by atoms with van der Waals surface area (Å²) < 4.78 is 0. The molecular weight excluding hydrogens is 506 g/mol. The van der Waals surface area contributed by atoms with Crippen LogP contribution in [0.5, 0.6) is 0 Å². The number of imide groups is 2. The molecule has 5 amide bonds. The van der Waals surface area contributed by atoms with Crippen molar-refractivity contribution in [2.24, 2.45) is 0 Å². The standard InChI is InChI=1S/C31H29N5O4/c37-27-13-14-35(31(40)32-27)36-29(38)25-12-11-20(15-26(25)30(36)39)17-33-18-24-16-23(33)19-34(24)28(21-7-3-1-4-8-21)22-9-5-2-6-10-22/h1-12,15,23-24,28H,13-14,16-19H2,(H,32,37,40)/t23-,24-/m0/s1. The molecule has 0 aliphatic carbocycles. The number of hydrogen-bond acceptors (Lipinski definition) is 6. The Hall–Kier alpha value is -4.34. The summed E-state index contributed by atoms with van der Waals surface area (Å²) in [5, 5.41) is 4.06. The summed E-state index contributed by atoms with van der Waals surface area (Å²) in [7, 11) is 0. The summed E-state index contributed by atoms with van der Waals surface area (Å²) in [6.45, 7) is 2.56. The fourth-order valence-corrected chi connectivity index (χ4v) is 6.71. The SMILES string of the molecule is O=C1CCN(N2C(=O)c3ccc(CN4C[C@@H]5C[C@H]4CN5C(c4ccccc4)c4ccccc4)cc3C2=O)C(=O)N1. The number of amides is 5. The van der Waals surface area contributed by atoms with Crippen LogP contribution in [-0.4, -0.2) is 75.3 Å². The van der Waals surface area contributed by atoms with E-state index in [9.17, 15) is 19.2 Å². The van der Waals surface area contributed by atoms with E-state index in [2.05, 4.69) is 75.8 Å². The first-order valence-corrected chi connectivity index (χ1v) is 13.7. The van der Waals surface area contributed by atoms with Gasteiger partial charge in [0.2, 0.25) is 5.91 Å². The zero-order valence-corrected chi connectivity index (χ0v) is 21.9. The highest BCUT2D eigenvalue weighted by Gasteiger charge is 2.47. The Morgan fingerprint density at radius 3 is 2.08 bits per heavy atom. The molecule has 202 valence electrons. The smallest absolute Gasteiger partial charge is 0.293 e. The molecule has 4 heterocycles. The van der Waals surface area contributed by atoms with Crippen molar-refractivity contribution in [3.63, 3.8) is 0 Å². The second-order valence-electron chi connectivity index (χ2n) is 10.9. The number of fused-ring (bicyclic) bond motifs is 3. The Balaban J connectivity index is 1.07. The fraction of sp³-hybridized carbons (Fsp3) is 0.290. The number of carbonyl (C=O) groups is 4. The fourth-order valence-electron chi connectivity index (χ4n) is 6.71. The van der Waals surface area contributed by atoms with E-state index in [1.807, 2.05) is 6.07 Å². The van der Waals surface area contributed by atoms with Crippen molar-refractivity contribution in [2.75, 3.05) is 19.6 Å². The zero-order chi connectivity index (χ0) is 27.4. The van der Waals surface area contributed by atoms with Crippen molar-refractivity contribution in [3.05, 3.63) is 107 Å². The van der Waals surface area contributed by atoms with Gasteiger partial charge < -0.3 is 0 Å². The first kappa shape index (κ1) is 24.7. The summed E-state index contributed by atoms with van der Waals surface area (Å²) in [6.07, 6.45) is 1.13. The molecule has 7 rings (SSSR count). The van der Waals surface area contributed by atoms with Crippen LogP contribution in [0.15, 0.2) is 78.9 Å². The highest BCUT2D eigenvalue weighted by atomic mass is 16.2. The third kappa shape index (κ3) is 4.09. The van der Waals surface area contributed by atoms with Crippen LogP contribution in [0.3, 0.4) is 0 Å². The lowest BCUT2D eigenvalue weighted by Crippen LogP contribution is -2.58. The van der Waals surface area contributed by atoms with E-state index in [0.717, 1.165) is 35.1 Å². The molecule has 40 heavy (non-hydrogen) atoms. The number of likely N-dealkylation sites (tertiary alicyclic amines) is 2. The van der Waals surface area contributed by atoms with Gasteiger partial charge in [0.05, 0.1) is 23.7 Å². The highest BCUT2D eigenvalue weighted by Crippen LogP contribution is 2.40. The second-order valence-corrected chi connectivity index (χ2v) is 10.9. The van der Waals surface area contributed by atoms with Crippen LogP contribution < -0.4 is 5.32 Å². The van der Waals surface area contributed by atoms with Gasteiger partial charge in [-0.2, -0.15) is 5.01 Å². The Morgan fingerprint density at radius 2 is 1.45 bits per heavy atom. The lowest BCUT2D eigenvalue weighted by atomic mass is 9.96. The molecule has 4 aliphatic heterocycles. The summed E-state index contributed by atoms with van der Waals surface area (Å²) in [4.78, 5) is 55.1. The van der Waals surface area contributed by atoms with Crippen LogP contribution >= 0.6 is 0 Å². The van der Waals surface area contributed by atoms with Gasteiger partial charge in [-0.1, -0.05) is 66.7 Å². The molecule has 0 saturated carbocycles. The molecule has 0 unspecified atom stereocenters. The third-order valence-electron chi connectivity index (χ3n) is 8.55. The van der Waals surface area contributed by atoms with Crippen LogP contribution in [-0.2, 0) is 11.3 Å². The van der Waals surface area contributed by atoms with Crippen molar-refractivity contribution in [2.45, 2.75) is 37.5 Å². The van der Waals surface area contributed by atoms with Gasteiger partial charge in [-0.25, -0.2) is 9.80 Å². The maximum absolute atomic E-state index is 13.2. The van der Waals surface area contributed by atoms with E-state index in [-0.39, 0.29) is 24.6 Å². The average molecular weight is 536 g/mol. The summed E-state index contributed by atoms with van der Waals surface area (Å²) in [5.41, 5.74) is 4.13. The second kappa shape index (κ2) is 9.69. The molecule has 3 saturated heterocycles. The highest BCUT2D eigenvalue weighted by molar-refractivity contribution is 6.22. The van der Waals surface area contributed by atoms with E-state index < -0.39 is 23.8 Å². The third-order valence-corrected chi connectivity index (χ3v) is 8.55. The van der Waals surface area contributed by atoms with E-state index in [4.69, 9.17) is 0 Å². The minimum Gasteiger partial charge on any atom is -0.293 e. The Morgan fingerprint density at radius 1 is 0.775 bits per heavy atom. The van der Waals surface area contributed by atoms with Crippen molar-refractivity contribution < 1.29 is 19.2 Å². The Kier molecular flexibility index (Phi) is 5.98. The van der Waals surface area contributed by atoms with Crippen LogP contribution in [0, 0.1) is 0 Å². The van der Waals surface area contributed by atoms with Crippen LogP contribution in [0.2, 0.25) is 0 Å². The molecule has 0 radical (unpaired) electrons. The zero-order valence-electron chi connectivity index (χ0n) is 21.9. The van der Waals surface area contributed by atoms with Crippen LogP contribution in [0.25, 0.3) is 0 Å². The summed E-state index contributed by atoms with van der Waals surface area (Å²) >= 11 is 0. The molecule has 9 heteroatoms. The van der Waals surface area contributed by atoms with Gasteiger partial charge in [0.15, 0.2) is 0 Å². The van der Waals surface area contributed by atoms with Gasteiger partial charge in [-0.05, 0) is 35.2 Å². The number of rotatable bonds is 6. The van der Waals surface area contributed by atoms with Gasteiger partial charge in [0, 0.05) is 38.1 Å². The minimum absolute atomic E-state index is 0.0106. The number of hydrazine groups is 1. The van der Waals surface area contributed by atoms with Crippen molar-refractivity contribution in [1.82, 2.24) is 25.1 Å². The summed E-state index contributed by atoms with van der Waals surface area (Å²) in [5.74, 6) is -1.49. The number of nitrogens with zero attached hydrogens (tertiary/aromatic N) is 4. The topological polar surface area (TPSA) is 93.3 Å². The maximum atomic E-state index is 13.2. The van der Waals surface area contributed by atoms with Crippen molar-refractivity contribution >= 4 is 23.8 Å². The lowest BCUT2D eigenvalue weighted by Gasteiger charge is -2.39. The van der Waals surface area contributed by atoms with Crippen LogP contribution in [0.4, 0.5) is 4.79 Å². The van der Waals surface area contributed by atoms with Crippen LogP contribution in [0.1, 0.15) is 56.3 Å². The molecule has 4 aliphatic rings. The number of carbonyl (C=O) groups excluding carboxylic acids is 4. The Bertz CT molecular complexity index is 1470. The molecule has 3 aromatic carbocycles. The van der Waals surface area contributed by atoms with E-state index in [1.165, 1.54) is 11.1 Å². The quantitative estimate of drug-likeness (QED) is 0.488. The molecule has 0 aromatic heterocycles. The molecule has 2 atom stereocenters. The number of piperazine rings is 1. The van der Waals surface area contributed by atoms with E-state index >= 15 is 0 Å².